The highest BCUT2D eigenvalue weighted by atomic mass is 16.6. The first-order valence-electron chi connectivity index (χ1n) is 12.3. The average Bonchev–Trinajstić information content (AvgIpc) is 2.66. The second-order valence-corrected chi connectivity index (χ2v) is 11.5. The third kappa shape index (κ3) is 4.08. The summed E-state index contributed by atoms with van der Waals surface area (Å²) in [6.07, 6.45) is 12.2. The molecule has 0 aromatic heterocycles. The molecule has 0 N–H and O–H groups in total. The van der Waals surface area contributed by atoms with Crippen LogP contribution in [0.25, 0.3) is 0 Å². The Kier molecular flexibility index (Phi) is 6.07. The van der Waals surface area contributed by atoms with E-state index in [0.717, 1.165) is 11.8 Å². The zero-order valence-electron chi connectivity index (χ0n) is 19.2. The van der Waals surface area contributed by atoms with Crippen LogP contribution in [0.3, 0.4) is 0 Å². The summed E-state index contributed by atoms with van der Waals surface area (Å²) >= 11 is 0. The van der Waals surface area contributed by atoms with Gasteiger partial charge in [-0.25, -0.2) is 4.79 Å². The van der Waals surface area contributed by atoms with Gasteiger partial charge in [0.05, 0.1) is 6.61 Å². The van der Waals surface area contributed by atoms with Crippen LogP contribution in [0, 0.1) is 35.0 Å². The van der Waals surface area contributed by atoms with Crippen LogP contribution in [-0.4, -0.2) is 24.1 Å². The second-order valence-electron chi connectivity index (χ2n) is 11.5. The maximum Gasteiger partial charge on any atom is 0.333 e. The van der Waals surface area contributed by atoms with Crippen molar-refractivity contribution in [1.29, 1.82) is 0 Å². The zero-order chi connectivity index (χ0) is 21.5. The fourth-order valence-electron chi connectivity index (χ4n) is 7.91. The Morgan fingerprint density at radius 1 is 1.03 bits per heavy atom. The molecule has 4 unspecified atom stereocenters. The normalized spacial score (nSPS) is 42.0. The lowest BCUT2D eigenvalue weighted by atomic mass is 9.42. The molecule has 0 aliphatic heterocycles. The number of esters is 2. The first-order chi connectivity index (χ1) is 14.2. The Morgan fingerprint density at radius 2 is 1.73 bits per heavy atom. The van der Waals surface area contributed by atoms with Gasteiger partial charge in [-0.2, -0.15) is 0 Å². The molecule has 0 spiro atoms. The molecule has 4 bridgehead atoms. The van der Waals surface area contributed by atoms with E-state index < -0.39 is 0 Å². The van der Waals surface area contributed by atoms with Gasteiger partial charge in [0.2, 0.25) is 0 Å². The molecule has 5 saturated carbocycles. The van der Waals surface area contributed by atoms with Gasteiger partial charge in [0.15, 0.2) is 0 Å². The highest BCUT2D eigenvalue weighted by molar-refractivity contribution is 5.86. The van der Waals surface area contributed by atoms with Crippen molar-refractivity contribution in [3.05, 3.63) is 12.2 Å². The van der Waals surface area contributed by atoms with Crippen molar-refractivity contribution >= 4 is 11.9 Å². The van der Waals surface area contributed by atoms with Gasteiger partial charge in [0.1, 0.15) is 5.60 Å². The van der Waals surface area contributed by atoms with E-state index in [-0.39, 0.29) is 24.1 Å². The molecule has 0 aromatic rings. The fourth-order valence-corrected chi connectivity index (χ4v) is 7.91. The maximum atomic E-state index is 13.0. The highest BCUT2D eigenvalue weighted by Crippen LogP contribution is 2.67. The van der Waals surface area contributed by atoms with Crippen molar-refractivity contribution in [3.8, 4) is 0 Å². The molecule has 0 radical (unpaired) electrons. The molecule has 0 amide bonds. The van der Waals surface area contributed by atoms with Crippen molar-refractivity contribution in [2.24, 2.45) is 35.0 Å². The van der Waals surface area contributed by atoms with Crippen LogP contribution in [-0.2, 0) is 19.1 Å². The Bertz CT molecular complexity index is 671. The van der Waals surface area contributed by atoms with E-state index in [4.69, 9.17) is 9.47 Å². The molecule has 5 aliphatic rings. The number of rotatable bonds is 7. The second kappa shape index (κ2) is 8.31. The van der Waals surface area contributed by atoms with Gasteiger partial charge in [0, 0.05) is 23.8 Å². The molecule has 5 aliphatic carbocycles. The SMILES string of the molecule is C=C(C)C(=O)OCCCC(=O)OC1(C2CCCC(C)C2)C2CC3CC1CC(C)(C3)C2. The van der Waals surface area contributed by atoms with E-state index >= 15 is 0 Å². The molecule has 4 atom stereocenters. The molecule has 5 fully saturated rings. The van der Waals surface area contributed by atoms with Crippen molar-refractivity contribution in [2.75, 3.05) is 6.61 Å². The summed E-state index contributed by atoms with van der Waals surface area (Å²) in [6, 6.07) is 0. The maximum absolute atomic E-state index is 13.0. The van der Waals surface area contributed by atoms with Crippen LogP contribution in [0.4, 0.5) is 0 Å². The largest absolute Gasteiger partial charge is 0.462 e. The molecule has 30 heavy (non-hydrogen) atoms. The summed E-state index contributed by atoms with van der Waals surface area (Å²) in [5, 5.41) is 0. The number of ether oxygens (including phenoxy) is 2. The van der Waals surface area contributed by atoms with Gasteiger partial charge in [-0.15, -0.1) is 0 Å². The van der Waals surface area contributed by atoms with Crippen LogP contribution < -0.4 is 0 Å². The molecule has 0 saturated heterocycles. The average molecular weight is 417 g/mol. The minimum Gasteiger partial charge on any atom is -0.462 e. The van der Waals surface area contributed by atoms with Gasteiger partial charge in [-0.1, -0.05) is 33.3 Å². The molecule has 0 heterocycles. The lowest BCUT2D eigenvalue weighted by Gasteiger charge is -2.66. The summed E-state index contributed by atoms with van der Waals surface area (Å²) in [7, 11) is 0. The minimum atomic E-state index is -0.384. The van der Waals surface area contributed by atoms with E-state index in [1.807, 2.05) is 0 Å². The zero-order valence-corrected chi connectivity index (χ0v) is 19.2. The quantitative estimate of drug-likeness (QED) is 0.297. The van der Waals surface area contributed by atoms with Gasteiger partial charge >= 0.3 is 11.9 Å². The lowest BCUT2D eigenvalue weighted by Crippen LogP contribution is -2.65. The van der Waals surface area contributed by atoms with Crippen LogP contribution in [0.5, 0.6) is 0 Å². The van der Waals surface area contributed by atoms with Gasteiger partial charge < -0.3 is 9.47 Å². The van der Waals surface area contributed by atoms with Crippen molar-refractivity contribution in [1.82, 2.24) is 0 Å². The summed E-state index contributed by atoms with van der Waals surface area (Å²) in [5.41, 5.74) is 0.616. The van der Waals surface area contributed by atoms with E-state index in [2.05, 4.69) is 20.4 Å². The predicted octanol–water partition coefficient (Wildman–Crippen LogP) is 5.84. The van der Waals surface area contributed by atoms with Crippen LogP contribution in [0.2, 0.25) is 0 Å². The Hall–Kier alpha value is -1.32. The first-order valence-corrected chi connectivity index (χ1v) is 12.3. The Morgan fingerprint density at radius 3 is 2.33 bits per heavy atom. The number of carbonyl (C=O) groups excluding carboxylic acids is 2. The third-order valence-electron chi connectivity index (χ3n) is 8.74. The molecule has 168 valence electrons. The Labute approximate surface area is 182 Å². The topological polar surface area (TPSA) is 52.6 Å². The monoisotopic (exact) mass is 416 g/mol. The molecule has 4 heteroatoms. The van der Waals surface area contributed by atoms with Gasteiger partial charge in [0.25, 0.3) is 0 Å². The third-order valence-corrected chi connectivity index (χ3v) is 8.74. The number of carbonyl (C=O) groups is 2. The van der Waals surface area contributed by atoms with Gasteiger partial charge in [-0.05, 0) is 81.5 Å². The lowest BCUT2D eigenvalue weighted by molar-refractivity contribution is -0.247. The summed E-state index contributed by atoms with van der Waals surface area (Å²) in [6.45, 7) is 10.3. The van der Waals surface area contributed by atoms with Crippen LogP contribution in [0.15, 0.2) is 12.2 Å². The van der Waals surface area contributed by atoms with E-state index in [9.17, 15) is 9.59 Å². The van der Waals surface area contributed by atoms with E-state index in [1.165, 1.54) is 57.8 Å². The minimum absolute atomic E-state index is 0.0859. The van der Waals surface area contributed by atoms with E-state index in [1.54, 1.807) is 6.92 Å². The smallest absolute Gasteiger partial charge is 0.333 e. The number of hydrogen-bond acceptors (Lipinski definition) is 4. The van der Waals surface area contributed by atoms with Crippen LogP contribution >= 0.6 is 0 Å². The molecule has 4 nitrogen and oxygen atoms in total. The summed E-state index contributed by atoms with van der Waals surface area (Å²) in [4.78, 5) is 24.6. The molecular formula is C26H40O4. The van der Waals surface area contributed by atoms with Gasteiger partial charge in [-0.3, -0.25) is 4.79 Å². The van der Waals surface area contributed by atoms with Crippen molar-refractivity contribution in [3.63, 3.8) is 0 Å². The fraction of sp³-hybridized carbons (Fsp3) is 0.846. The standard InChI is InChI=1S/C26H40O4/c1-17(2)24(28)29-10-6-9-23(27)30-26(20-8-5-7-18(3)11-20)21-12-19-13-22(26)16-25(4,14-19)15-21/h18-22H,1,5-16H2,2-4H3. The first kappa shape index (κ1) is 21.9. The number of hydrogen-bond donors (Lipinski definition) is 0. The summed E-state index contributed by atoms with van der Waals surface area (Å²) < 4.78 is 11.8. The molecule has 0 aromatic carbocycles. The molecule has 5 rings (SSSR count). The predicted molar refractivity (Wildman–Crippen MR) is 117 cm³/mol. The van der Waals surface area contributed by atoms with Crippen LogP contribution in [0.1, 0.15) is 91.4 Å². The molecular weight excluding hydrogens is 376 g/mol. The van der Waals surface area contributed by atoms with E-state index in [0.29, 0.717) is 41.6 Å². The van der Waals surface area contributed by atoms with Crippen molar-refractivity contribution in [2.45, 2.75) is 97.0 Å². The Balaban J connectivity index is 1.46. The summed E-state index contributed by atoms with van der Waals surface area (Å²) in [5.74, 6) is 2.69. The highest BCUT2D eigenvalue weighted by Gasteiger charge is 2.65. The van der Waals surface area contributed by atoms with Crippen molar-refractivity contribution < 1.29 is 19.1 Å².